The molecular weight excluding hydrogens is 334 g/mol. The van der Waals surface area contributed by atoms with E-state index in [1.165, 1.54) is 0 Å². The Balaban J connectivity index is 1.82. The second kappa shape index (κ2) is 7.32. The first-order valence-corrected chi connectivity index (χ1v) is 9.12. The van der Waals surface area contributed by atoms with Crippen molar-refractivity contribution in [1.82, 2.24) is 4.90 Å². The van der Waals surface area contributed by atoms with E-state index in [1.807, 2.05) is 45.0 Å². The van der Waals surface area contributed by atoms with Crippen molar-refractivity contribution in [3.05, 3.63) is 29.3 Å². The van der Waals surface area contributed by atoms with Crippen molar-refractivity contribution in [3.8, 4) is 0 Å². The lowest BCUT2D eigenvalue weighted by Crippen LogP contribution is -2.49. The maximum Gasteiger partial charge on any atom is 0.410 e. The summed E-state index contributed by atoms with van der Waals surface area (Å²) in [5, 5.41) is 11.4. The van der Waals surface area contributed by atoms with Crippen LogP contribution in [0.2, 0.25) is 5.02 Å². The van der Waals surface area contributed by atoms with Crippen LogP contribution in [-0.2, 0) is 4.74 Å². The zero-order valence-corrected chi connectivity index (χ0v) is 15.4. The average molecular weight is 358 g/mol. The van der Waals surface area contributed by atoms with Crippen LogP contribution < -0.4 is 0 Å². The molecule has 128 valence electrons. The molecule has 1 N–H and O–H groups in total. The fourth-order valence-electron chi connectivity index (χ4n) is 2.32. The van der Waals surface area contributed by atoms with E-state index in [4.69, 9.17) is 16.3 Å². The summed E-state index contributed by atoms with van der Waals surface area (Å²) in [7, 11) is 0. The van der Waals surface area contributed by atoms with E-state index < -0.39 is 11.2 Å². The monoisotopic (exact) mass is 357 g/mol. The highest BCUT2D eigenvalue weighted by atomic mass is 35.5. The quantitative estimate of drug-likeness (QED) is 0.824. The van der Waals surface area contributed by atoms with E-state index in [0.29, 0.717) is 36.7 Å². The minimum absolute atomic E-state index is 0.301. The predicted octanol–water partition coefficient (Wildman–Crippen LogP) is 4.19. The topological polar surface area (TPSA) is 49.8 Å². The second-order valence-electron chi connectivity index (χ2n) is 6.93. The first kappa shape index (κ1) is 18.4. The molecular formula is C17H24ClNO3S. The average Bonchev–Trinajstić information content (AvgIpc) is 2.46. The highest BCUT2D eigenvalue weighted by Gasteiger charge is 2.35. The number of hydrogen-bond acceptors (Lipinski definition) is 4. The summed E-state index contributed by atoms with van der Waals surface area (Å²) in [6.45, 7) is 6.61. The van der Waals surface area contributed by atoms with Crippen LogP contribution in [0.15, 0.2) is 29.2 Å². The lowest BCUT2D eigenvalue weighted by molar-refractivity contribution is -0.0190. The summed E-state index contributed by atoms with van der Waals surface area (Å²) in [5.41, 5.74) is -1.24. The Kier molecular flexibility index (Phi) is 5.87. The van der Waals surface area contributed by atoms with Gasteiger partial charge in [-0.05, 0) is 57.9 Å². The highest BCUT2D eigenvalue weighted by molar-refractivity contribution is 7.99. The molecule has 0 aromatic heterocycles. The molecule has 1 aromatic rings. The van der Waals surface area contributed by atoms with Gasteiger partial charge in [0.1, 0.15) is 5.60 Å². The summed E-state index contributed by atoms with van der Waals surface area (Å²) in [4.78, 5) is 14.8. The van der Waals surface area contributed by atoms with Crippen LogP contribution in [0.1, 0.15) is 33.6 Å². The van der Waals surface area contributed by atoms with Crippen LogP contribution in [0.4, 0.5) is 4.79 Å². The molecule has 1 fully saturated rings. The maximum absolute atomic E-state index is 12.0. The molecule has 0 saturated carbocycles. The van der Waals surface area contributed by atoms with Gasteiger partial charge in [0.15, 0.2) is 0 Å². The zero-order valence-electron chi connectivity index (χ0n) is 13.8. The molecule has 2 rings (SSSR count). The molecule has 0 radical (unpaired) electrons. The zero-order chi connectivity index (χ0) is 17.1. The molecule has 23 heavy (non-hydrogen) atoms. The van der Waals surface area contributed by atoms with E-state index in [9.17, 15) is 9.90 Å². The van der Waals surface area contributed by atoms with E-state index in [1.54, 1.807) is 16.7 Å². The van der Waals surface area contributed by atoms with E-state index >= 15 is 0 Å². The third kappa shape index (κ3) is 5.90. The number of carbonyl (C=O) groups excluding carboxylic acids is 1. The van der Waals surface area contributed by atoms with Gasteiger partial charge in [-0.15, -0.1) is 11.8 Å². The molecule has 1 aliphatic heterocycles. The lowest BCUT2D eigenvalue weighted by Gasteiger charge is -2.38. The summed E-state index contributed by atoms with van der Waals surface area (Å²) in [6.07, 6.45) is 0.824. The third-order valence-electron chi connectivity index (χ3n) is 3.67. The number of hydrogen-bond donors (Lipinski definition) is 1. The largest absolute Gasteiger partial charge is 0.444 e. The molecule has 1 aromatic carbocycles. The van der Waals surface area contributed by atoms with Crippen LogP contribution in [0, 0.1) is 0 Å². The fourth-order valence-corrected chi connectivity index (χ4v) is 3.50. The minimum atomic E-state index is -0.747. The van der Waals surface area contributed by atoms with E-state index in [2.05, 4.69) is 0 Å². The van der Waals surface area contributed by atoms with Gasteiger partial charge < -0.3 is 14.7 Å². The molecule has 1 aliphatic rings. The first-order valence-electron chi connectivity index (χ1n) is 7.76. The fraction of sp³-hybridized carbons (Fsp3) is 0.588. The molecule has 0 aliphatic carbocycles. The van der Waals surface area contributed by atoms with Gasteiger partial charge in [0, 0.05) is 28.8 Å². The summed E-state index contributed by atoms with van der Waals surface area (Å²) in [5.74, 6) is 0.608. The van der Waals surface area contributed by atoms with Crippen LogP contribution in [-0.4, -0.2) is 46.1 Å². The van der Waals surface area contributed by atoms with Gasteiger partial charge in [0.2, 0.25) is 0 Å². The molecule has 0 unspecified atom stereocenters. The van der Waals surface area contributed by atoms with Crippen molar-refractivity contribution in [2.75, 3.05) is 18.8 Å². The van der Waals surface area contributed by atoms with Gasteiger partial charge in [0.05, 0.1) is 5.60 Å². The molecule has 4 nitrogen and oxygen atoms in total. The Hall–Kier alpha value is -0.910. The Morgan fingerprint density at radius 1 is 1.30 bits per heavy atom. The number of ether oxygens (including phenoxy) is 1. The number of likely N-dealkylation sites (tertiary alicyclic amines) is 1. The number of thioether (sulfide) groups is 1. The van der Waals surface area contributed by atoms with Crippen molar-refractivity contribution < 1.29 is 14.6 Å². The smallest absolute Gasteiger partial charge is 0.410 e. The highest BCUT2D eigenvalue weighted by Crippen LogP contribution is 2.31. The van der Waals surface area contributed by atoms with Gasteiger partial charge in [0.25, 0.3) is 0 Å². The third-order valence-corrected chi connectivity index (χ3v) is 5.21. The normalized spacial score (nSPS) is 17.9. The number of nitrogens with zero attached hydrogens (tertiary/aromatic N) is 1. The van der Waals surface area contributed by atoms with Crippen LogP contribution in [0.25, 0.3) is 0 Å². The number of aliphatic hydroxyl groups is 1. The van der Waals surface area contributed by atoms with Crippen molar-refractivity contribution in [3.63, 3.8) is 0 Å². The number of benzene rings is 1. The van der Waals surface area contributed by atoms with Gasteiger partial charge in [-0.2, -0.15) is 0 Å². The van der Waals surface area contributed by atoms with E-state index in [-0.39, 0.29) is 6.09 Å². The first-order chi connectivity index (χ1) is 10.7. The molecule has 0 bridgehead atoms. The molecule has 0 atom stereocenters. The van der Waals surface area contributed by atoms with Crippen LogP contribution >= 0.6 is 23.4 Å². The van der Waals surface area contributed by atoms with Gasteiger partial charge in [-0.1, -0.05) is 11.6 Å². The Bertz CT molecular complexity index is 534. The van der Waals surface area contributed by atoms with Crippen molar-refractivity contribution in [1.29, 1.82) is 0 Å². The Labute approximate surface area is 147 Å². The van der Waals surface area contributed by atoms with Gasteiger partial charge in [-0.25, -0.2) is 4.79 Å². The standard InChI is InChI=1S/C17H24ClNO3S/c1-16(2,3)22-15(20)19-10-8-17(21,9-11-19)12-23-14-6-4-13(18)5-7-14/h4-7,21H,8-12H2,1-3H3. The molecule has 1 heterocycles. The van der Waals surface area contributed by atoms with Crippen LogP contribution in [0.5, 0.6) is 0 Å². The number of amides is 1. The van der Waals surface area contributed by atoms with Crippen molar-refractivity contribution in [2.45, 2.75) is 49.7 Å². The number of rotatable bonds is 3. The number of piperidine rings is 1. The SMILES string of the molecule is CC(C)(C)OC(=O)N1CCC(O)(CSc2ccc(Cl)cc2)CC1. The Morgan fingerprint density at radius 2 is 1.87 bits per heavy atom. The number of carbonyl (C=O) groups is 1. The van der Waals surface area contributed by atoms with Gasteiger partial charge in [-0.3, -0.25) is 0 Å². The second-order valence-corrected chi connectivity index (χ2v) is 8.42. The number of halogens is 1. The minimum Gasteiger partial charge on any atom is -0.444 e. The maximum atomic E-state index is 12.0. The summed E-state index contributed by atoms with van der Waals surface area (Å²) < 4.78 is 5.37. The summed E-state index contributed by atoms with van der Waals surface area (Å²) >= 11 is 7.48. The Morgan fingerprint density at radius 3 is 2.39 bits per heavy atom. The lowest BCUT2D eigenvalue weighted by atomic mass is 9.94. The predicted molar refractivity (Wildman–Crippen MR) is 94.2 cm³/mol. The molecule has 1 amide bonds. The van der Waals surface area contributed by atoms with Crippen molar-refractivity contribution in [2.24, 2.45) is 0 Å². The molecule has 6 heteroatoms. The van der Waals surface area contributed by atoms with Crippen LogP contribution in [0.3, 0.4) is 0 Å². The van der Waals surface area contributed by atoms with E-state index in [0.717, 1.165) is 4.90 Å². The summed E-state index contributed by atoms with van der Waals surface area (Å²) in [6, 6.07) is 7.59. The van der Waals surface area contributed by atoms with Gasteiger partial charge >= 0.3 is 6.09 Å². The van der Waals surface area contributed by atoms with Crippen molar-refractivity contribution >= 4 is 29.5 Å². The molecule has 0 spiro atoms. The molecule has 1 saturated heterocycles.